The third-order valence-corrected chi connectivity index (χ3v) is 1.78. The monoisotopic (exact) mass is 150 g/mol. The molecule has 11 heavy (non-hydrogen) atoms. The average Bonchev–Trinajstić information content (AvgIpc) is 2.01. The van der Waals surface area contributed by atoms with Gasteiger partial charge in [-0.25, -0.2) is 0 Å². The third-order valence-electron chi connectivity index (χ3n) is 1.78. The van der Waals surface area contributed by atoms with Crippen molar-refractivity contribution in [3.8, 4) is 0 Å². The van der Waals surface area contributed by atoms with Crippen molar-refractivity contribution >= 4 is 0 Å². The first-order valence-corrected chi connectivity index (χ1v) is 4.17. The van der Waals surface area contributed by atoms with Gasteiger partial charge in [-0.1, -0.05) is 18.2 Å². The van der Waals surface area contributed by atoms with Gasteiger partial charge >= 0.3 is 0 Å². The molecule has 0 aliphatic heterocycles. The third kappa shape index (κ3) is 5.65. The Kier molecular flexibility index (Phi) is 6.81. The molecule has 0 bridgehead atoms. The number of allylic oxidation sites excluding steroid dienone is 3. The number of hydrogen-bond acceptors (Lipinski definition) is 0. The van der Waals surface area contributed by atoms with E-state index < -0.39 is 0 Å². The largest absolute Gasteiger partial charge is 0.103 e. The molecule has 62 valence electrons. The van der Waals surface area contributed by atoms with Gasteiger partial charge in [-0.15, -0.1) is 19.7 Å². The summed E-state index contributed by atoms with van der Waals surface area (Å²) >= 11 is 0. The maximum Gasteiger partial charge on any atom is -0.0322 e. The lowest BCUT2D eigenvalue weighted by atomic mass is 9.96. The van der Waals surface area contributed by atoms with Crippen molar-refractivity contribution in [2.45, 2.75) is 25.7 Å². The molecule has 0 saturated heterocycles. The van der Waals surface area contributed by atoms with Crippen LogP contribution >= 0.6 is 0 Å². The Morgan fingerprint density at radius 1 is 0.909 bits per heavy atom. The Morgan fingerprint density at radius 2 is 1.45 bits per heavy atom. The summed E-state index contributed by atoms with van der Waals surface area (Å²) in [4.78, 5) is 0. The Balaban J connectivity index is 3.57. The van der Waals surface area contributed by atoms with E-state index in [1.54, 1.807) is 0 Å². The van der Waals surface area contributed by atoms with Gasteiger partial charge in [0.1, 0.15) is 0 Å². The van der Waals surface area contributed by atoms with Crippen LogP contribution in [0.25, 0.3) is 0 Å². The predicted molar refractivity (Wildman–Crippen MR) is 52.5 cm³/mol. The first-order chi connectivity index (χ1) is 5.35. The van der Waals surface area contributed by atoms with E-state index in [9.17, 15) is 0 Å². The van der Waals surface area contributed by atoms with Gasteiger partial charge in [-0.3, -0.25) is 0 Å². The van der Waals surface area contributed by atoms with Crippen LogP contribution in [-0.4, -0.2) is 0 Å². The Labute approximate surface area is 70.3 Å². The van der Waals surface area contributed by atoms with E-state index in [2.05, 4.69) is 19.7 Å². The van der Waals surface area contributed by atoms with Crippen molar-refractivity contribution in [3.05, 3.63) is 38.0 Å². The summed E-state index contributed by atoms with van der Waals surface area (Å²) in [7, 11) is 0. The van der Waals surface area contributed by atoms with E-state index in [-0.39, 0.29) is 0 Å². The fraction of sp³-hybridized carbons (Fsp3) is 0.455. The van der Waals surface area contributed by atoms with Crippen molar-refractivity contribution in [3.63, 3.8) is 0 Å². The van der Waals surface area contributed by atoms with Gasteiger partial charge < -0.3 is 0 Å². The molecular formula is C11H18. The van der Waals surface area contributed by atoms with Gasteiger partial charge in [0.05, 0.1) is 0 Å². The second-order valence-corrected chi connectivity index (χ2v) is 2.78. The zero-order valence-electron chi connectivity index (χ0n) is 7.26. The van der Waals surface area contributed by atoms with Gasteiger partial charge in [0, 0.05) is 0 Å². The molecule has 0 amide bonds. The minimum atomic E-state index is 0.725. The zero-order valence-corrected chi connectivity index (χ0v) is 7.26. The molecule has 0 atom stereocenters. The second kappa shape index (κ2) is 7.33. The van der Waals surface area contributed by atoms with Crippen LogP contribution in [0.3, 0.4) is 0 Å². The lowest BCUT2D eigenvalue weighted by Gasteiger charge is -2.10. The second-order valence-electron chi connectivity index (χ2n) is 2.78. The van der Waals surface area contributed by atoms with Crippen molar-refractivity contribution < 1.29 is 0 Å². The van der Waals surface area contributed by atoms with Crippen LogP contribution in [0.15, 0.2) is 38.0 Å². The van der Waals surface area contributed by atoms with E-state index in [1.165, 1.54) is 6.42 Å². The highest BCUT2D eigenvalue weighted by Crippen LogP contribution is 2.16. The normalized spacial score (nSPS) is 9.55. The lowest BCUT2D eigenvalue weighted by molar-refractivity contribution is 0.504. The smallest absolute Gasteiger partial charge is 0.0322 e. The highest BCUT2D eigenvalue weighted by molar-refractivity contribution is 4.81. The zero-order chi connectivity index (χ0) is 8.53. The van der Waals surface area contributed by atoms with Crippen LogP contribution in [0.5, 0.6) is 0 Å². The van der Waals surface area contributed by atoms with Crippen molar-refractivity contribution in [2.24, 2.45) is 5.92 Å². The maximum atomic E-state index is 3.73. The molecule has 0 aliphatic rings. The molecule has 0 saturated carbocycles. The van der Waals surface area contributed by atoms with Gasteiger partial charge in [-0.2, -0.15) is 0 Å². The van der Waals surface area contributed by atoms with Gasteiger partial charge in [0.25, 0.3) is 0 Å². The van der Waals surface area contributed by atoms with Crippen molar-refractivity contribution in [1.29, 1.82) is 0 Å². The summed E-state index contributed by atoms with van der Waals surface area (Å²) in [6, 6.07) is 0. The molecule has 0 aliphatic carbocycles. The summed E-state index contributed by atoms with van der Waals surface area (Å²) in [5.74, 6) is 0.725. The fourth-order valence-electron chi connectivity index (χ4n) is 1.16. The minimum absolute atomic E-state index is 0.725. The highest BCUT2D eigenvalue weighted by Gasteiger charge is 2.02. The van der Waals surface area contributed by atoms with Crippen LogP contribution in [0.1, 0.15) is 25.7 Å². The molecule has 0 fully saturated rings. The molecule has 0 nitrogen and oxygen atoms in total. The molecular weight excluding hydrogens is 132 g/mol. The number of rotatable bonds is 7. The molecule has 0 heterocycles. The van der Waals surface area contributed by atoms with Crippen molar-refractivity contribution in [1.82, 2.24) is 0 Å². The van der Waals surface area contributed by atoms with Crippen LogP contribution in [0, 0.1) is 5.92 Å². The first-order valence-electron chi connectivity index (χ1n) is 4.17. The molecule has 0 heteroatoms. The summed E-state index contributed by atoms with van der Waals surface area (Å²) in [5, 5.41) is 0. The van der Waals surface area contributed by atoms with Crippen LogP contribution in [0.2, 0.25) is 0 Å². The van der Waals surface area contributed by atoms with Crippen LogP contribution < -0.4 is 0 Å². The molecule has 0 N–H and O–H groups in total. The average molecular weight is 150 g/mol. The van der Waals surface area contributed by atoms with E-state index in [4.69, 9.17) is 0 Å². The van der Waals surface area contributed by atoms with Gasteiger partial charge in [0.15, 0.2) is 0 Å². The summed E-state index contributed by atoms with van der Waals surface area (Å²) in [6.45, 7) is 11.2. The Morgan fingerprint density at radius 3 is 1.82 bits per heavy atom. The number of hydrogen-bond donors (Lipinski definition) is 0. The minimum Gasteiger partial charge on any atom is -0.103 e. The summed E-state index contributed by atoms with van der Waals surface area (Å²) < 4.78 is 0. The molecule has 0 aromatic rings. The van der Waals surface area contributed by atoms with Crippen LogP contribution in [-0.2, 0) is 0 Å². The SMILES string of the molecule is C=CCCC(CC=C)CC=C. The first kappa shape index (κ1) is 10.2. The van der Waals surface area contributed by atoms with Crippen molar-refractivity contribution in [2.75, 3.05) is 0 Å². The molecule has 0 aromatic carbocycles. The topological polar surface area (TPSA) is 0 Å². The van der Waals surface area contributed by atoms with Gasteiger partial charge in [0.2, 0.25) is 0 Å². The molecule has 0 radical (unpaired) electrons. The Hall–Kier alpha value is -0.780. The molecule has 0 rings (SSSR count). The molecule has 0 spiro atoms. The van der Waals surface area contributed by atoms with E-state index >= 15 is 0 Å². The lowest BCUT2D eigenvalue weighted by Crippen LogP contribution is -1.96. The molecule has 0 aromatic heterocycles. The standard InChI is InChI=1S/C11H18/c1-4-7-10-11(8-5-2)9-6-3/h4-6,11H,1-3,7-10H2. The predicted octanol–water partition coefficient (Wildman–Crippen LogP) is 3.72. The summed E-state index contributed by atoms with van der Waals surface area (Å²) in [6.07, 6.45) is 10.4. The van der Waals surface area contributed by atoms with Gasteiger partial charge in [-0.05, 0) is 31.6 Å². The van der Waals surface area contributed by atoms with E-state index in [0.29, 0.717) is 0 Å². The highest BCUT2D eigenvalue weighted by atomic mass is 14.1. The Bertz CT molecular complexity index is 112. The molecule has 0 unspecified atom stereocenters. The van der Waals surface area contributed by atoms with Crippen LogP contribution in [0.4, 0.5) is 0 Å². The summed E-state index contributed by atoms with van der Waals surface area (Å²) in [5.41, 5.74) is 0. The van der Waals surface area contributed by atoms with E-state index in [1.807, 2.05) is 18.2 Å². The fourth-order valence-corrected chi connectivity index (χ4v) is 1.16. The quantitative estimate of drug-likeness (QED) is 0.485. The maximum absolute atomic E-state index is 3.73. The van der Waals surface area contributed by atoms with E-state index in [0.717, 1.165) is 25.2 Å².